The minimum atomic E-state index is 0. The third-order valence-electron chi connectivity index (χ3n) is 0.908. The molecule has 0 aromatic carbocycles. The highest BCUT2D eigenvalue weighted by atomic mass is 28.2. The second-order valence-corrected chi connectivity index (χ2v) is 2.92. The predicted molar refractivity (Wildman–Crippen MR) is 38.6 cm³/mol. The van der Waals surface area contributed by atoms with Gasteiger partial charge in [-0.15, -0.1) is 5.67 Å². The Morgan fingerprint density at radius 3 is 2.50 bits per heavy atom. The van der Waals surface area contributed by atoms with E-state index in [2.05, 4.69) is 5.67 Å². The van der Waals surface area contributed by atoms with Crippen LogP contribution in [-0.2, 0) is 0 Å². The zero-order valence-corrected chi connectivity index (χ0v) is 4.43. The van der Waals surface area contributed by atoms with Crippen molar-refractivity contribution >= 4 is 25.8 Å². The molecule has 0 nitrogen and oxygen atoms in total. The van der Waals surface area contributed by atoms with Gasteiger partial charge >= 0.3 is 0 Å². The van der Waals surface area contributed by atoms with Crippen molar-refractivity contribution in [3.63, 3.8) is 0 Å². The van der Waals surface area contributed by atoms with Gasteiger partial charge in [-0.05, 0) is 39.0 Å². The van der Waals surface area contributed by atoms with Crippen molar-refractivity contribution in [2.45, 2.75) is 18.9 Å². The summed E-state index contributed by atoms with van der Waals surface area (Å²) in [5.74, 6) is 0. The van der Waals surface area contributed by atoms with Gasteiger partial charge in [0, 0.05) is 0 Å². The number of hydrogen-bond acceptors (Lipinski definition) is 0. The SMILES string of the molecule is C1=[SiH]CCC1.[SiH4]. The first kappa shape index (κ1) is 6.30. The summed E-state index contributed by atoms with van der Waals surface area (Å²) in [4.78, 5) is 0. The van der Waals surface area contributed by atoms with Crippen LogP contribution in [0.1, 0.15) is 12.8 Å². The molecule has 1 rings (SSSR count). The third-order valence-corrected chi connectivity index (χ3v) is 2.32. The molecule has 0 bridgehead atoms. The van der Waals surface area contributed by atoms with Gasteiger partial charge in [0.2, 0.25) is 0 Å². The Balaban J connectivity index is 0.000000250. The van der Waals surface area contributed by atoms with Crippen LogP contribution >= 0.6 is 0 Å². The van der Waals surface area contributed by atoms with Crippen molar-refractivity contribution in [1.82, 2.24) is 0 Å². The van der Waals surface area contributed by atoms with E-state index in [-0.39, 0.29) is 11.0 Å². The van der Waals surface area contributed by atoms with E-state index in [9.17, 15) is 0 Å². The monoisotopic (exact) mass is 116 g/mol. The van der Waals surface area contributed by atoms with E-state index in [1.165, 1.54) is 18.9 Å². The zero-order chi connectivity index (χ0) is 3.54. The summed E-state index contributed by atoms with van der Waals surface area (Å²) in [6.45, 7) is 0. The van der Waals surface area contributed by atoms with Gasteiger partial charge in [-0.25, -0.2) is 0 Å². The van der Waals surface area contributed by atoms with E-state index >= 15 is 0 Å². The van der Waals surface area contributed by atoms with Crippen LogP contribution in [0.25, 0.3) is 0 Å². The molecule has 0 fully saturated rings. The van der Waals surface area contributed by atoms with E-state index < -0.39 is 0 Å². The van der Waals surface area contributed by atoms with Crippen LogP contribution in [0.15, 0.2) is 0 Å². The first-order valence-corrected chi connectivity index (χ1v) is 3.63. The first-order valence-electron chi connectivity index (χ1n) is 2.15. The van der Waals surface area contributed by atoms with Crippen LogP contribution in [0, 0.1) is 0 Å². The molecule has 36 valence electrons. The van der Waals surface area contributed by atoms with E-state index in [1.807, 2.05) is 0 Å². The second-order valence-electron chi connectivity index (χ2n) is 1.40. The summed E-state index contributed by atoms with van der Waals surface area (Å²) in [5, 5.41) is 0. The lowest BCUT2D eigenvalue weighted by molar-refractivity contribution is 1.03. The maximum Gasteiger partial charge on any atom is -0.0119 e. The van der Waals surface area contributed by atoms with Gasteiger partial charge in [0.05, 0.1) is 0 Å². The molecule has 0 aromatic heterocycles. The summed E-state index contributed by atoms with van der Waals surface area (Å²) in [6.07, 6.45) is 2.89. The maximum absolute atomic E-state index is 2.44. The molecule has 1 heterocycles. The highest BCUT2D eigenvalue weighted by molar-refractivity contribution is 6.48. The Hall–Kier alpha value is 0.304. The minimum absolute atomic E-state index is 0. The smallest absolute Gasteiger partial charge is 0.0119 e. The van der Waals surface area contributed by atoms with E-state index in [0.717, 1.165) is 9.13 Å². The Morgan fingerprint density at radius 1 is 1.50 bits per heavy atom. The largest absolute Gasteiger partial charge is 0.106 e. The van der Waals surface area contributed by atoms with Gasteiger partial charge in [-0.1, -0.05) is 0 Å². The molecule has 0 atom stereocenters. The summed E-state index contributed by atoms with van der Waals surface area (Å²) in [7, 11) is 0.801. The van der Waals surface area contributed by atoms with Gasteiger partial charge in [0.25, 0.3) is 0 Å². The highest BCUT2D eigenvalue weighted by Gasteiger charge is 1.85. The minimum Gasteiger partial charge on any atom is -0.106 e. The molecule has 0 spiro atoms. The van der Waals surface area contributed by atoms with Crippen LogP contribution in [0.3, 0.4) is 0 Å². The molecule has 0 unspecified atom stereocenters. The molecule has 0 radical (unpaired) electrons. The molecule has 1 aliphatic rings. The lowest BCUT2D eigenvalue weighted by atomic mass is 10.4. The fourth-order valence-electron chi connectivity index (χ4n) is 0.589. The zero-order valence-electron chi connectivity index (χ0n) is 3.28. The normalized spacial score (nSPS) is 17.3. The van der Waals surface area contributed by atoms with Crippen molar-refractivity contribution in [2.24, 2.45) is 0 Å². The van der Waals surface area contributed by atoms with Crippen molar-refractivity contribution in [2.75, 3.05) is 0 Å². The molecule has 0 aromatic rings. The van der Waals surface area contributed by atoms with Crippen molar-refractivity contribution in [3.8, 4) is 0 Å². The van der Waals surface area contributed by atoms with Gasteiger partial charge in [-0.2, -0.15) is 0 Å². The lowest BCUT2D eigenvalue weighted by Gasteiger charge is -1.69. The fraction of sp³-hybridized carbons (Fsp3) is 0.750. The molecule has 0 amide bonds. The fourth-order valence-corrected chi connectivity index (χ4v) is 1.77. The Labute approximate surface area is 45.4 Å². The molecule has 0 saturated heterocycles. The summed E-state index contributed by atoms with van der Waals surface area (Å²) in [6, 6.07) is 1.53. The second kappa shape index (κ2) is 3.49. The van der Waals surface area contributed by atoms with Crippen molar-refractivity contribution in [1.29, 1.82) is 0 Å². The Kier molecular flexibility index (Phi) is 3.67. The van der Waals surface area contributed by atoms with Crippen LogP contribution in [0.4, 0.5) is 0 Å². The Morgan fingerprint density at radius 2 is 2.33 bits per heavy atom. The summed E-state index contributed by atoms with van der Waals surface area (Å²) >= 11 is 0. The number of rotatable bonds is 0. The molecule has 1 aliphatic heterocycles. The average Bonchev–Trinajstić information content (AvgIpc) is 1.76. The van der Waals surface area contributed by atoms with E-state index in [0.29, 0.717) is 0 Å². The predicted octanol–water partition coefficient (Wildman–Crippen LogP) is -1.01. The van der Waals surface area contributed by atoms with Crippen molar-refractivity contribution in [3.05, 3.63) is 0 Å². The van der Waals surface area contributed by atoms with Crippen LogP contribution < -0.4 is 0 Å². The maximum atomic E-state index is 2.44. The van der Waals surface area contributed by atoms with E-state index in [4.69, 9.17) is 0 Å². The van der Waals surface area contributed by atoms with Crippen molar-refractivity contribution < 1.29 is 0 Å². The molecule has 2 heteroatoms. The molecule has 0 saturated carbocycles. The summed E-state index contributed by atoms with van der Waals surface area (Å²) in [5.41, 5.74) is 2.44. The lowest BCUT2D eigenvalue weighted by Crippen LogP contribution is -1.60. The molecular formula is C4H12Si2. The molecular weight excluding hydrogens is 104 g/mol. The first-order chi connectivity index (χ1) is 2.50. The quantitative estimate of drug-likeness (QED) is 0.356. The molecule has 6 heavy (non-hydrogen) atoms. The van der Waals surface area contributed by atoms with Crippen LogP contribution in [0.2, 0.25) is 6.04 Å². The van der Waals surface area contributed by atoms with Crippen LogP contribution in [0.5, 0.6) is 0 Å². The topological polar surface area (TPSA) is 0 Å². The van der Waals surface area contributed by atoms with Gasteiger partial charge in [0.15, 0.2) is 0 Å². The van der Waals surface area contributed by atoms with Gasteiger partial charge in [-0.3, -0.25) is 0 Å². The molecule has 0 aliphatic carbocycles. The highest BCUT2D eigenvalue weighted by Crippen LogP contribution is 1.94. The standard InChI is InChI=1S/C4H8Si.H4Si/c1-2-4-5-3-1;/h3,5H,1-2,4H2;1H4. The van der Waals surface area contributed by atoms with Gasteiger partial charge in [0.1, 0.15) is 0 Å². The van der Waals surface area contributed by atoms with Gasteiger partial charge < -0.3 is 0 Å². The summed E-state index contributed by atoms with van der Waals surface area (Å²) < 4.78 is 0. The molecule has 0 N–H and O–H groups in total. The Bertz CT molecular complexity index is 43.5. The van der Waals surface area contributed by atoms with Crippen LogP contribution in [-0.4, -0.2) is 25.8 Å². The van der Waals surface area contributed by atoms with E-state index in [1.54, 1.807) is 0 Å². The third kappa shape index (κ3) is 1.67. The average molecular weight is 116 g/mol. The number of hydrogen-bond donors (Lipinski definition) is 0.